The van der Waals surface area contributed by atoms with Crippen LogP contribution in [0, 0.1) is 5.92 Å². The lowest BCUT2D eigenvalue weighted by Gasteiger charge is -2.32. The molecule has 0 unspecified atom stereocenters. The molecule has 1 atom stereocenters. The molecule has 2 aliphatic heterocycles. The van der Waals surface area contributed by atoms with Crippen molar-refractivity contribution in [1.29, 1.82) is 0 Å². The SMILES string of the molecule is C[C@H]1CSc2ccc3ccccc3c2C1=C1c2ccccc2Oc2ccccc21. The Morgan fingerprint density at radius 1 is 0.759 bits per heavy atom. The average molecular weight is 393 g/mol. The summed E-state index contributed by atoms with van der Waals surface area (Å²) in [5, 5.41) is 2.64. The number of fused-ring (bicyclic) bond motifs is 5. The van der Waals surface area contributed by atoms with Gasteiger partial charge < -0.3 is 4.74 Å². The van der Waals surface area contributed by atoms with Crippen LogP contribution < -0.4 is 4.74 Å². The van der Waals surface area contributed by atoms with Crippen LogP contribution in [0.5, 0.6) is 11.5 Å². The highest BCUT2D eigenvalue weighted by Crippen LogP contribution is 2.52. The summed E-state index contributed by atoms with van der Waals surface area (Å²) in [6.45, 7) is 2.36. The predicted octanol–water partition coefficient (Wildman–Crippen LogP) is 7.65. The second kappa shape index (κ2) is 6.53. The number of hydrogen-bond donors (Lipinski definition) is 0. The normalized spacial score (nSPS) is 17.3. The molecule has 4 aromatic rings. The number of benzene rings is 4. The van der Waals surface area contributed by atoms with E-state index in [0.29, 0.717) is 5.92 Å². The van der Waals surface area contributed by atoms with E-state index in [-0.39, 0.29) is 0 Å². The van der Waals surface area contributed by atoms with Gasteiger partial charge in [0.05, 0.1) is 0 Å². The van der Waals surface area contributed by atoms with Crippen LogP contribution in [0.3, 0.4) is 0 Å². The van der Waals surface area contributed by atoms with Crippen LogP contribution >= 0.6 is 11.8 Å². The topological polar surface area (TPSA) is 9.23 Å². The van der Waals surface area contributed by atoms with Gasteiger partial charge in [0, 0.05) is 27.3 Å². The van der Waals surface area contributed by atoms with Crippen LogP contribution in [-0.2, 0) is 0 Å². The van der Waals surface area contributed by atoms with E-state index in [1.54, 1.807) is 0 Å². The zero-order chi connectivity index (χ0) is 19.4. The van der Waals surface area contributed by atoms with Gasteiger partial charge in [0.15, 0.2) is 0 Å². The first-order valence-electron chi connectivity index (χ1n) is 10.1. The van der Waals surface area contributed by atoms with E-state index in [2.05, 4.69) is 91.9 Å². The summed E-state index contributed by atoms with van der Waals surface area (Å²) in [4.78, 5) is 1.38. The zero-order valence-corrected chi connectivity index (χ0v) is 17.0. The molecule has 4 aromatic carbocycles. The van der Waals surface area contributed by atoms with Crippen molar-refractivity contribution in [2.45, 2.75) is 11.8 Å². The quantitative estimate of drug-likeness (QED) is 0.268. The maximum absolute atomic E-state index is 6.27. The fourth-order valence-corrected chi connectivity index (χ4v) is 5.77. The fourth-order valence-electron chi connectivity index (χ4n) is 4.64. The monoisotopic (exact) mass is 392 g/mol. The minimum absolute atomic E-state index is 0.451. The number of thioether (sulfide) groups is 1. The van der Waals surface area contributed by atoms with Gasteiger partial charge in [-0.05, 0) is 46.0 Å². The van der Waals surface area contributed by atoms with Crippen LogP contribution in [0.2, 0.25) is 0 Å². The highest BCUT2D eigenvalue weighted by atomic mass is 32.2. The second-order valence-electron chi connectivity index (χ2n) is 7.75. The third-order valence-corrected chi connectivity index (χ3v) is 7.26. The molecule has 0 fully saturated rings. The first-order valence-corrected chi connectivity index (χ1v) is 11.1. The summed E-state index contributed by atoms with van der Waals surface area (Å²) in [5.74, 6) is 3.43. The predicted molar refractivity (Wildman–Crippen MR) is 123 cm³/mol. The van der Waals surface area contributed by atoms with Gasteiger partial charge in [0.2, 0.25) is 0 Å². The van der Waals surface area contributed by atoms with Gasteiger partial charge in [-0.25, -0.2) is 0 Å². The summed E-state index contributed by atoms with van der Waals surface area (Å²) in [6, 6.07) is 30.2. The lowest BCUT2D eigenvalue weighted by molar-refractivity contribution is 0.474. The van der Waals surface area contributed by atoms with Crippen LogP contribution in [0.4, 0.5) is 0 Å². The van der Waals surface area contributed by atoms with Gasteiger partial charge in [-0.3, -0.25) is 0 Å². The van der Waals surface area contributed by atoms with Crippen LogP contribution in [0.15, 0.2) is 89.8 Å². The standard InChI is InChI=1S/C27H20OS/c1-17-16-29-24-15-14-18-8-2-3-9-19(18)27(24)25(17)26-20-10-4-6-12-22(20)28-23-13-7-5-11-21(23)26/h2-15,17H,16H2,1H3/t17-/m0/s1. The van der Waals surface area contributed by atoms with E-state index in [9.17, 15) is 0 Å². The molecule has 0 saturated carbocycles. The maximum Gasteiger partial charge on any atom is 0.135 e. The van der Waals surface area contributed by atoms with Gasteiger partial charge in [0.25, 0.3) is 0 Å². The van der Waals surface area contributed by atoms with E-state index >= 15 is 0 Å². The van der Waals surface area contributed by atoms with Crippen molar-refractivity contribution in [3.63, 3.8) is 0 Å². The van der Waals surface area contributed by atoms with E-state index < -0.39 is 0 Å². The summed E-state index contributed by atoms with van der Waals surface area (Å²) in [7, 11) is 0. The van der Waals surface area contributed by atoms with Crippen LogP contribution in [-0.4, -0.2) is 5.75 Å². The highest BCUT2D eigenvalue weighted by Gasteiger charge is 2.31. The summed E-state index contributed by atoms with van der Waals surface area (Å²) in [5.41, 5.74) is 6.55. The summed E-state index contributed by atoms with van der Waals surface area (Å²) < 4.78 is 6.27. The average Bonchev–Trinajstić information content (AvgIpc) is 2.78. The number of para-hydroxylation sites is 2. The molecule has 0 saturated heterocycles. The van der Waals surface area contributed by atoms with Gasteiger partial charge in [-0.15, -0.1) is 11.8 Å². The van der Waals surface area contributed by atoms with Gasteiger partial charge in [-0.2, -0.15) is 0 Å². The molecule has 0 aromatic heterocycles. The molecule has 0 N–H and O–H groups in total. The molecule has 0 spiro atoms. The minimum Gasteiger partial charge on any atom is -0.456 e. The molecule has 2 heteroatoms. The van der Waals surface area contributed by atoms with Crippen molar-refractivity contribution in [2.24, 2.45) is 5.92 Å². The van der Waals surface area contributed by atoms with E-state index in [1.165, 1.54) is 43.5 Å². The zero-order valence-electron chi connectivity index (χ0n) is 16.2. The van der Waals surface area contributed by atoms with Gasteiger partial charge >= 0.3 is 0 Å². The van der Waals surface area contributed by atoms with Gasteiger partial charge in [0.1, 0.15) is 11.5 Å². The molecule has 6 rings (SSSR count). The van der Waals surface area contributed by atoms with Crippen molar-refractivity contribution >= 4 is 33.7 Å². The first-order chi connectivity index (χ1) is 14.3. The summed E-state index contributed by atoms with van der Waals surface area (Å²) in [6.07, 6.45) is 0. The molecule has 0 radical (unpaired) electrons. The van der Waals surface area contributed by atoms with Crippen molar-refractivity contribution in [1.82, 2.24) is 0 Å². The molecule has 0 bridgehead atoms. The number of ether oxygens (including phenoxy) is 1. The highest BCUT2D eigenvalue weighted by molar-refractivity contribution is 7.99. The van der Waals surface area contributed by atoms with Crippen molar-refractivity contribution in [2.75, 3.05) is 5.75 Å². The lowest BCUT2D eigenvalue weighted by atomic mass is 9.81. The number of rotatable bonds is 0. The molecule has 29 heavy (non-hydrogen) atoms. The number of hydrogen-bond acceptors (Lipinski definition) is 2. The molecule has 0 amide bonds. The Balaban J connectivity index is 1.78. The molecule has 2 heterocycles. The second-order valence-corrected chi connectivity index (χ2v) is 8.82. The minimum atomic E-state index is 0.451. The van der Waals surface area contributed by atoms with Crippen molar-refractivity contribution in [3.05, 3.63) is 102 Å². The molecule has 1 nitrogen and oxygen atoms in total. The summed E-state index contributed by atoms with van der Waals surface area (Å²) >= 11 is 1.98. The Labute approximate surface area is 175 Å². The van der Waals surface area contributed by atoms with Crippen molar-refractivity contribution < 1.29 is 4.74 Å². The first kappa shape index (κ1) is 16.9. The fraction of sp³-hybridized carbons (Fsp3) is 0.111. The molecule has 2 aliphatic rings. The Kier molecular flexibility index (Phi) is 3.82. The Morgan fingerprint density at radius 2 is 1.41 bits per heavy atom. The Bertz CT molecular complexity index is 1250. The lowest BCUT2D eigenvalue weighted by Crippen LogP contribution is -2.14. The Hall–Kier alpha value is -2.97. The van der Waals surface area contributed by atoms with Crippen LogP contribution in [0.1, 0.15) is 23.6 Å². The number of allylic oxidation sites excluding steroid dienone is 1. The maximum atomic E-state index is 6.27. The Morgan fingerprint density at radius 3 is 2.17 bits per heavy atom. The van der Waals surface area contributed by atoms with Crippen molar-refractivity contribution in [3.8, 4) is 11.5 Å². The van der Waals surface area contributed by atoms with Gasteiger partial charge in [-0.1, -0.05) is 73.7 Å². The van der Waals surface area contributed by atoms with E-state index in [0.717, 1.165) is 17.3 Å². The molecular weight excluding hydrogens is 372 g/mol. The largest absolute Gasteiger partial charge is 0.456 e. The van der Waals surface area contributed by atoms with E-state index in [1.807, 2.05) is 11.8 Å². The van der Waals surface area contributed by atoms with Crippen LogP contribution in [0.25, 0.3) is 21.9 Å². The van der Waals surface area contributed by atoms with E-state index in [4.69, 9.17) is 4.74 Å². The smallest absolute Gasteiger partial charge is 0.135 e. The third kappa shape index (κ3) is 2.56. The molecule has 140 valence electrons. The third-order valence-electron chi connectivity index (χ3n) is 5.94. The molecular formula is C27H20OS. The molecule has 0 aliphatic carbocycles.